The van der Waals surface area contributed by atoms with Crippen molar-refractivity contribution in [2.45, 2.75) is 45.6 Å². The Kier molecular flexibility index (Phi) is 4.37. The Bertz CT molecular complexity index is 544. The van der Waals surface area contributed by atoms with Crippen molar-refractivity contribution in [2.75, 3.05) is 19.6 Å². The minimum atomic E-state index is -0.267. The van der Waals surface area contributed by atoms with E-state index < -0.39 is 0 Å². The second kappa shape index (κ2) is 6.13. The number of carbonyl (C=O) groups excluding carboxylic acids is 1. The third-order valence-corrected chi connectivity index (χ3v) is 5.64. The number of nitrogens with zero attached hydrogens (tertiary/aromatic N) is 1. The summed E-state index contributed by atoms with van der Waals surface area (Å²) in [5.74, 6) is 0.650. The molecular weight excluding hydrogens is 274 g/mol. The molecule has 0 aromatic heterocycles. The third-order valence-electron chi connectivity index (χ3n) is 5.64. The van der Waals surface area contributed by atoms with Crippen LogP contribution in [-0.4, -0.2) is 41.5 Å². The average molecular weight is 301 g/mol. The number of fused-ring (bicyclic) bond motifs is 1. The van der Waals surface area contributed by atoms with Crippen LogP contribution in [0.15, 0.2) is 24.3 Å². The quantitative estimate of drug-likeness (QED) is 0.933. The van der Waals surface area contributed by atoms with Gasteiger partial charge in [-0.2, -0.15) is 0 Å². The van der Waals surface area contributed by atoms with Gasteiger partial charge in [-0.3, -0.25) is 4.79 Å². The normalized spacial score (nSPS) is 22.8. The molecule has 1 spiro atoms. The molecular formula is C19H27NO2. The highest BCUT2D eigenvalue weighted by atomic mass is 16.3. The van der Waals surface area contributed by atoms with Crippen LogP contribution in [0.25, 0.3) is 0 Å². The standard InChI is InChI=1S/C19H27NO2/c1-14(2)17(21)13-20-11-9-19(10-12-20)8-7-15-5-3-4-6-16(15)18(19)22/h3-6,14,17,21H,7-13H2,1-2H3. The molecule has 0 bridgehead atoms. The zero-order valence-corrected chi connectivity index (χ0v) is 13.7. The molecule has 22 heavy (non-hydrogen) atoms. The molecule has 1 unspecified atom stereocenters. The number of Topliss-reactive ketones (excluding diaryl/α,β-unsaturated/α-hetero) is 1. The lowest BCUT2D eigenvalue weighted by atomic mass is 9.65. The predicted octanol–water partition coefficient (Wildman–Crippen LogP) is 2.91. The molecule has 0 saturated carbocycles. The van der Waals surface area contributed by atoms with Gasteiger partial charge in [-0.05, 0) is 50.3 Å². The number of aliphatic hydroxyl groups is 1. The number of rotatable bonds is 3. The molecule has 1 fully saturated rings. The van der Waals surface area contributed by atoms with Crippen molar-refractivity contribution in [3.05, 3.63) is 35.4 Å². The van der Waals surface area contributed by atoms with Crippen molar-refractivity contribution in [3.8, 4) is 0 Å². The molecule has 0 amide bonds. The van der Waals surface area contributed by atoms with Gasteiger partial charge in [0.2, 0.25) is 0 Å². The Balaban J connectivity index is 1.67. The maximum Gasteiger partial charge on any atom is 0.169 e. The van der Waals surface area contributed by atoms with E-state index in [1.165, 1.54) is 5.56 Å². The smallest absolute Gasteiger partial charge is 0.169 e. The molecule has 1 atom stereocenters. The molecule has 1 aromatic rings. The molecule has 1 aromatic carbocycles. The fraction of sp³-hybridized carbons (Fsp3) is 0.632. The van der Waals surface area contributed by atoms with Gasteiger partial charge in [0, 0.05) is 17.5 Å². The van der Waals surface area contributed by atoms with Crippen LogP contribution < -0.4 is 0 Å². The fourth-order valence-electron chi connectivity index (χ4n) is 3.85. The van der Waals surface area contributed by atoms with Crippen molar-refractivity contribution < 1.29 is 9.90 Å². The number of hydrogen-bond acceptors (Lipinski definition) is 3. The van der Waals surface area contributed by atoms with E-state index in [2.05, 4.69) is 24.8 Å². The Morgan fingerprint density at radius 1 is 1.18 bits per heavy atom. The number of aryl methyl sites for hydroxylation is 1. The molecule has 3 nitrogen and oxygen atoms in total. The van der Waals surface area contributed by atoms with Gasteiger partial charge < -0.3 is 10.0 Å². The van der Waals surface area contributed by atoms with Gasteiger partial charge in [0.05, 0.1) is 6.10 Å². The minimum absolute atomic E-state index is 0.145. The lowest BCUT2D eigenvalue weighted by molar-refractivity contribution is 0.0314. The van der Waals surface area contributed by atoms with E-state index in [1.807, 2.05) is 18.2 Å². The summed E-state index contributed by atoms with van der Waals surface area (Å²) in [7, 11) is 0. The van der Waals surface area contributed by atoms with Crippen LogP contribution in [0, 0.1) is 11.3 Å². The number of likely N-dealkylation sites (tertiary alicyclic amines) is 1. The largest absolute Gasteiger partial charge is 0.392 e. The summed E-state index contributed by atoms with van der Waals surface area (Å²) in [4.78, 5) is 15.3. The molecule has 1 N–H and O–H groups in total. The van der Waals surface area contributed by atoms with Crippen LogP contribution in [-0.2, 0) is 6.42 Å². The van der Waals surface area contributed by atoms with Gasteiger partial charge in [0.15, 0.2) is 5.78 Å². The summed E-state index contributed by atoms with van der Waals surface area (Å²) < 4.78 is 0. The molecule has 1 heterocycles. The maximum absolute atomic E-state index is 13.0. The fourth-order valence-corrected chi connectivity index (χ4v) is 3.85. The number of ketones is 1. The second-order valence-corrected chi connectivity index (χ2v) is 7.38. The average Bonchev–Trinajstić information content (AvgIpc) is 2.53. The van der Waals surface area contributed by atoms with Crippen LogP contribution in [0.5, 0.6) is 0 Å². The molecule has 120 valence electrons. The summed E-state index contributed by atoms with van der Waals surface area (Å²) in [6.07, 6.45) is 3.62. The van der Waals surface area contributed by atoms with E-state index in [1.54, 1.807) is 0 Å². The first kappa shape index (κ1) is 15.7. The van der Waals surface area contributed by atoms with Crippen LogP contribution in [0.2, 0.25) is 0 Å². The first-order valence-electron chi connectivity index (χ1n) is 8.55. The number of benzene rings is 1. The van der Waals surface area contributed by atoms with Gasteiger partial charge in [-0.15, -0.1) is 0 Å². The van der Waals surface area contributed by atoms with Crippen molar-refractivity contribution in [1.29, 1.82) is 0 Å². The Hall–Kier alpha value is -1.19. The Morgan fingerprint density at radius 3 is 2.55 bits per heavy atom. The van der Waals surface area contributed by atoms with E-state index in [-0.39, 0.29) is 11.5 Å². The number of piperidine rings is 1. The number of hydrogen-bond donors (Lipinski definition) is 1. The first-order chi connectivity index (χ1) is 10.5. The lowest BCUT2D eigenvalue weighted by Crippen LogP contribution is -2.48. The Labute approximate surface area is 133 Å². The molecule has 1 aliphatic carbocycles. The highest BCUT2D eigenvalue weighted by molar-refractivity contribution is 6.02. The van der Waals surface area contributed by atoms with Gasteiger partial charge in [0.25, 0.3) is 0 Å². The van der Waals surface area contributed by atoms with Gasteiger partial charge in [-0.1, -0.05) is 38.1 Å². The topological polar surface area (TPSA) is 40.5 Å². The highest BCUT2D eigenvalue weighted by Crippen LogP contribution is 2.43. The number of β-amino-alcohol motifs (C(OH)–C–C–N with tert-alkyl or cyclic N) is 1. The van der Waals surface area contributed by atoms with Crippen LogP contribution in [0.1, 0.15) is 49.0 Å². The minimum Gasteiger partial charge on any atom is -0.392 e. The third kappa shape index (κ3) is 2.84. The second-order valence-electron chi connectivity index (χ2n) is 7.38. The molecule has 1 saturated heterocycles. The molecule has 0 radical (unpaired) electrons. The molecule has 2 aliphatic rings. The number of aliphatic hydroxyl groups excluding tert-OH is 1. The first-order valence-corrected chi connectivity index (χ1v) is 8.55. The summed E-state index contributed by atoms with van der Waals surface area (Å²) in [5.41, 5.74) is 2.02. The summed E-state index contributed by atoms with van der Waals surface area (Å²) in [6.45, 7) is 6.70. The SMILES string of the molecule is CC(C)C(O)CN1CCC2(CCc3ccccc3C2=O)CC1. The number of carbonyl (C=O) groups is 1. The zero-order valence-electron chi connectivity index (χ0n) is 13.7. The van der Waals surface area contributed by atoms with E-state index in [0.29, 0.717) is 11.7 Å². The summed E-state index contributed by atoms with van der Waals surface area (Å²) >= 11 is 0. The molecule has 3 rings (SSSR count). The monoisotopic (exact) mass is 301 g/mol. The lowest BCUT2D eigenvalue weighted by Gasteiger charge is -2.43. The van der Waals surface area contributed by atoms with Crippen molar-refractivity contribution in [1.82, 2.24) is 4.90 Å². The van der Waals surface area contributed by atoms with E-state index in [9.17, 15) is 9.90 Å². The predicted molar refractivity (Wildman–Crippen MR) is 88.0 cm³/mol. The summed E-state index contributed by atoms with van der Waals surface area (Å²) in [6, 6.07) is 8.09. The zero-order chi connectivity index (χ0) is 15.7. The highest BCUT2D eigenvalue weighted by Gasteiger charge is 2.44. The maximum atomic E-state index is 13.0. The van der Waals surface area contributed by atoms with Gasteiger partial charge in [-0.25, -0.2) is 0 Å². The molecule has 1 aliphatic heterocycles. The van der Waals surface area contributed by atoms with Crippen molar-refractivity contribution in [2.24, 2.45) is 11.3 Å². The van der Waals surface area contributed by atoms with Gasteiger partial charge >= 0.3 is 0 Å². The Morgan fingerprint density at radius 2 is 1.86 bits per heavy atom. The van der Waals surface area contributed by atoms with Gasteiger partial charge in [0.1, 0.15) is 0 Å². The van der Waals surface area contributed by atoms with Crippen LogP contribution in [0.3, 0.4) is 0 Å². The van der Waals surface area contributed by atoms with Crippen LogP contribution >= 0.6 is 0 Å². The van der Waals surface area contributed by atoms with Crippen LogP contribution in [0.4, 0.5) is 0 Å². The van der Waals surface area contributed by atoms with Crippen molar-refractivity contribution in [3.63, 3.8) is 0 Å². The van der Waals surface area contributed by atoms with E-state index >= 15 is 0 Å². The van der Waals surface area contributed by atoms with E-state index in [4.69, 9.17) is 0 Å². The summed E-state index contributed by atoms with van der Waals surface area (Å²) in [5, 5.41) is 10.1. The molecule has 3 heteroatoms. The van der Waals surface area contributed by atoms with Crippen molar-refractivity contribution >= 4 is 5.78 Å². The van der Waals surface area contributed by atoms with E-state index in [0.717, 1.165) is 50.9 Å².